The SMILES string of the molecule is CCCC/C=C\CCCCCCCC(=O)OCCCCCCCCCCCCCCC(=O)NC(CO)C(O)/C=C/CCCCCCCCCCCCCCCCCCCCCCCC. The molecule has 0 bridgehead atoms. The van der Waals surface area contributed by atoms with Crippen molar-refractivity contribution in [2.24, 2.45) is 0 Å². The lowest BCUT2D eigenvalue weighted by molar-refractivity contribution is -0.143. The van der Waals surface area contributed by atoms with Crippen LogP contribution in [0.4, 0.5) is 0 Å². The zero-order valence-corrected chi connectivity index (χ0v) is 43.0. The predicted molar refractivity (Wildman–Crippen MR) is 278 cm³/mol. The highest BCUT2D eigenvalue weighted by molar-refractivity contribution is 5.76. The zero-order chi connectivity index (χ0) is 46.5. The van der Waals surface area contributed by atoms with Crippen molar-refractivity contribution in [1.29, 1.82) is 0 Å². The van der Waals surface area contributed by atoms with E-state index in [0.29, 0.717) is 19.4 Å². The monoisotopic (exact) mass is 902 g/mol. The van der Waals surface area contributed by atoms with E-state index in [1.54, 1.807) is 6.08 Å². The van der Waals surface area contributed by atoms with Gasteiger partial charge in [-0.15, -0.1) is 0 Å². The van der Waals surface area contributed by atoms with Gasteiger partial charge in [0.2, 0.25) is 5.91 Å². The molecule has 0 saturated carbocycles. The molecule has 0 fully saturated rings. The maximum Gasteiger partial charge on any atom is 0.305 e. The number of hydrogen-bond donors (Lipinski definition) is 3. The summed E-state index contributed by atoms with van der Waals surface area (Å²) in [5.74, 6) is -0.103. The summed E-state index contributed by atoms with van der Waals surface area (Å²) in [6, 6.07) is -0.640. The minimum Gasteiger partial charge on any atom is -0.466 e. The Morgan fingerprint density at radius 3 is 1.16 bits per heavy atom. The van der Waals surface area contributed by atoms with E-state index in [1.807, 2.05) is 6.08 Å². The van der Waals surface area contributed by atoms with Gasteiger partial charge in [0, 0.05) is 12.8 Å². The molecule has 64 heavy (non-hydrogen) atoms. The number of nitrogens with one attached hydrogen (secondary N) is 1. The topological polar surface area (TPSA) is 95.9 Å². The number of amides is 1. The summed E-state index contributed by atoms with van der Waals surface area (Å²) in [7, 11) is 0. The number of esters is 1. The molecule has 0 rings (SSSR count). The molecule has 378 valence electrons. The van der Waals surface area contributed by atoms with Crippen molar-refractivity contribution in [2.75, 3.05) is 13.2 Å². The fraction of sp³-hybridized carbons (Fsp3) is 0.897. The van der Waals surface area contributed by atoms with E-state index in [9.17, 15) is 19.8 Å². The van der Waals surface area contributed by atoms with Crippen molar-refractivity contribution in [3.63, 3.8) is 0 Å². The first-order chi connectivity index (χ1) is 31.5. The highest BCUT2D eigenvalue weighted by Crippen LogP contribution is 2.17. The summed E-state index contributed by atoms with van der Waals surface area (Å²) in [6.07, 6.45) is 64.8. The van der Waals surface area contributed by atoms with Gasteiger partial charge in [-0.1, -0.05) is 269 Å². The molecule has 0 aliphatic heterocycles. The number of hydrogen-bond acceptors (Lipinski definition) is 5. The second kappa shape index (κ2) is 54.0. The van der Waals surface area contributed by atoms with Crippen LogP contribution in [0.15, 0.2) is 24.3 Å². The van der Waals surface area contributed by atoms with Crippen molar-refractivity contribution in [1.82, 2.24) is 5.32 Å². The average Bonchev–Trinajstić information content (AvgIpc) is 3.29. The van der Waals surface area contributed by atoms with Crippen LogP contribution in [-0.2, 0) is 14.3 Å². The third-order valence-electron chi connectivity index (χ3n) is 13.2. The van der Waals surface area contributed by atoms with E-state index in [1.165, 1.54) is 225 Å². The summed E-state index contributed by atoms with van der Waals surface area (Å²) >= 11 is 0. The van der Waals surface area contributed by atoms with Crippen molar-refractivity contribution in [3.8, 4) is 0 Å². The number of carbonyl (C=O) groups is 2. The first-order valence-electron chi connectivity index (χ1n) is 28.6. The molecule has 2 atom stereocenters. The van der Waals surface area contributed by atoms with Gasteiger partial charge in [-0.05, 0) is 51.4 Å². The third-order valence-corrected chi connectivity index (χ3v) is 13.2. The Morgan fingerprint density at radius 1 is 0.422 bits per heavy atom. The summed E-state index contributed by atoms with van der Waals surface area (Å²) in [5.41, 5.74) is 0. The van der Waals surface area contributed by atoms with Crippen molar-refractivity contribution in [2.45, 2.75) is 321 Å². The van der Waals surface area contributed by atoms with Gasteiger partial charge in [0.05, 0.1) is 25.4 Å². The van der Waals surface area contributed by atoms with Crippen LogP contribution in [0.2, 0.25) is 0 Å². The number of allylic oxidation sites excluding steroid dienone is 3. The van der Waals surface area contributed by atoms with Gasteiger partial charge in [-0.25, -0.2) is 0 Å². The van der Waals surface area contributed by atoms with Crippen LogP contribution in [0.25, 0.3) is 0 Å². The first-order valence-corrected chi connectivity index (χ1v) is 28.6. The van der Waals surface area contributed by atoms with Gasteiger partial charge in [0.15, 0.2) is 0 Å². The molecule has 0 spiro atoms. The number of ether oxygens (including phenoxy) is 1. The lowest BCUT2D eigenvalue weighted by Gasteiger charge is -2.20. The van der Waals surface area contributed by atoms with E-state index in [-0.39, 0.29) is 18.5 Å². The Morgan fingerprint density at radius 2 is 0.750 bits per heavy atom. The van der Waals surface area contributed by atoms with Crippen molar-refractivity contribution in [3.05, 3.63) is 24.3 Å². The molecule has 0 aromatic rings. The van der Waals surface area contributed by atoms with Gasteiger partial charge < -0.3 is 20.3 Å². The number of aliphatic hydroxyl groups is 2. The van der Waals surface area contributed by atoms with Gasteiger partial charge in [-0.3, -0.25) is 9.59 Å². The standard InChI is InChI=1S/C58H111NO5/c1-3-5-7-9-11-13-15-16-17-18-19-20-21-22-23-24-25-26-27-31-34-38-42-46-50-56(61)55(54-60)59-57(62)51-47-43-39-35-32-28-29-33-37-41-45-49-53-64-58(63)52-48-44-40-36-30-14-12-10-8-6-4-2/h10,12,46,50,55-56,60-61H,3-9,11,13-45,47-49,51-54H2,1-2H3,(H,59,62)/b12-10-,50-46+. The molecule has 0 aromatic heterocycles. The first kappa shape index (κ1) is 62.3. The molecule has 6 nitrogen and oxygen atoms in total. The van der Waals surface area contributed by atoms with Crippen LogP contribution in [0.5, 0.6) is 0 Å². The molecule has 1 amide bonds. The molecule has 3 N–H and O–H groups in total. The molecule has 6 heteroatoms. The largest absolute Gasteiger partial charge is 0.466 e. The average molecular weight is 903 g/mol. The molecule has 0 aliphatic rings. The van der Waals surface area contributed by atoms with E-state index in [4.69, 9.17) is 4.74 Å². The fourth-order valence-corrected chi connectivity index (χ4v) is 8.79. The molecule has 0 heterocycles. The highest BCUT2D eigenvalue weighted by Gasteiger charge is 2.18. The quantitative estimate of drug-likeness (QED) is 0.0321. The summed E-state index contributed by atoms with van der Waals surface area (Å²) in [5, 5.41) is 23.2. The Bertz CT molecular complexity index is 997. The Labute approximate surface area is 399 Å². The van der Waals surface area contributed by atoms with Crippen molar-refractivity contribution >= 4 is 11.9 Å². The molecule has 0 aliphatic carbocycles. The number of unbranched alkanes of at least 4 members (excludes halogenated alkanes) is 40. The van der Waals surface area contributed by atoms with Crippen LogP contribution in [0.1, 0.15) is 309 Å². The predicted octanol–water partition coefficient (Wildman–Crippen LogP) is 17.5. The maximum atomic E-state index is 12.5. The minimum atomic E-state index is -0.856. The molecule has 0 saturated heterocycles. The van der Waals surface area contributed by atoms with Crippen LogP contribution < -0.4 is 5.32 Å². The zero-order valence-electron chi connectivity index (χ0n) is 43.0. The lowest BCUT2D eigenvalue weighted by atomic mass is 10.0. The lowest BCUT2D eigenvalue weighted by Crippen LogP contribution is -2.45. The normalized spacial score (nSPS) is 12.8. The van der Waals surface area contributed by atoms with E-state index in [2.05, 4.69) is 31.3 Å². The smallest absolute Gasteiger partial charge is 0.305 e. The minimum absolute atomic E-state index is 0.0214. The van der Waals surface area contributed by atoms with Gasteiger partial charge >= 0.3 is 5.97 Å². The summed E-state index contributed by atoms with van der Waals surface area (Å²) in [4.78, 5) is 24.5. The van der Waals surface area contributed by atoms with Gasteiger partial charge in [0.25, 0.3) is 0 Å². The van der Waals surface area contributed by atoms with E-state index >= 15 is 0 Å². The van der Waals surface area contributed by atoms with Gasteiger partial charge in [-0.2, -0.15) is 0 Å². The van der Waals surface area contributed by atoms with Crippen LogP contribution in [-0.4, -0.2) is 47.4 Å². The number of carbonyl (C=O) groups excluding carboxylic acids is 2. The Hall–Kier alpha value is -1.66. The van der Waals surface area contributed by atoms with Crippen LogP contribution in [0.3, 0.4) is 0 Å². The Balaban J connectivity index is 3.49. The summed E-state index contributed by atoms with van der Waals surface area (Å²) < 4.78 is 5.44. The fourth-order valence-electron chi connectivity index (χ4n) is 8.79. The Kier molecular flexibility index (Phi) is 52.6. The molecule has 0 aromatic carbocycles. The molecular weight excluding hydrogens is 791 g/mol. The third kappa shape index (κ3) is 49.8. The van der Waals surface area contributed by atoms with E-state index in [0.717, 1.165) is 57.8 Å². The van der Waals surface area contributed by atoms with Gasteiger partial charge in [0.1, 0.15) is 0 Å². The maximum absolute atomic E-state index is 12.5. The number of aliphatic hydroxyl groups excluding tert-OH is 2. The molecular formula is C58H111NO5. The van der Waals surface area contributed by atoms with Crippen LogP contribution in [0, 0.1) is 0 Å². The second-order valence-electron chi connectivity index (χ2n) is 19.6. The van der Waals surface area contributed by atoms with Crippen molar-refractivity contribution < 1.29 is 24.5 Å². The summed E-state index contributed by atoms with van der Waals surface area (Å²) in [6.45, 7) is 4.84. The second-order valence-corrected chi connectivity index (χ2v) is 19.6. The van der Waals surface area contributed by atoms with E-state index < -0.39 is 12.1 Å². The van der Waals surface area contributed by atoms with Crippen LogP contribution >= 0.6 is 0 Å². The molecule has 0 radical (unpaired) electrons. The highest BCUT2D eigenvalue weighted by atomic mass is 16.5. The molecule has 2 unspecified atom stereocenters. The number of rotatable bonds is 53.